The largest absolute Gasteiger partial charge is 0.450 e. The molecule has 0 saturated heterocycles. The van der Waals surface area contributed by atoms with Crippen LogP contribution in [0, 0.1) is 0 Å². The molecule has 3 nitrogen and oxygen atoms in total. The number of halogens is 3. The van der Waals surface area contributed by atoms with Crippen LogP contribution in [0.1, 0.15) is 6.42 Å². The number of Topliss-reactive ketones (excluding diaryl/α,β-unsaturated/α-hetero) is 2. The summed E-state index contributed by atoms with van der Waals surface area (Å²) in [6.45, 7) is -0.470. The third-order valence-electron chi connectivity index (χ3n) is 0.979. The molecule has 0 spiro atoms. The van der Waals surface area contributed by atoms with Crippen molar-refractivity contribution in [3.8, 4) is 0 Å². The van der Waals surface area contributed by atoms with Gasteiger partial charge in [0, 0.05) is 7.11 Å². The van der Waals surface area contributed by atoms with E-state index in [1.807, 2.05) is 0 Å². The SMILES string of the molecule is COCC(=O)CC(=O)C(F)(F)F. The Bertz CT molecular complexity index is 185. The molecule has 0 amide bonds. The number of hydrogen-bond acceptors (Lipinski definition) is 3. The standard InChI is InChI=1S/C6H7F3O3/c1-12-3-4(10)2-5(11)6(7,8)9/h2-3H2,1H3. The lowest BCUT2D eigenvalue weighted by Gasteiger charge is -2.03. The zero-order valence-electron chi connectivity index (χ0n) is 6.27. The van der Waals surface area contributed by atoms with Gasteiger partial charge in [0.2, 0.25) is 5.78 Å². The highest BCUT2D eigenvalue weighted by Gasteiger charge is 2.38. The van der Waals surface area contributed by atoms with E-state index in [0.29, 0.717) is 0 Å². The van der Waals surface area contributed by atoms with Crippen LogP contribution in [-0.2, 0) is 14.3 Å². The lowest BCUT2D eigenvalue weighted by Crippen LogP contribution is -2.26. The summed E-state index contributed by atoms with van der Waals surface area (Å²) in [4.78, 5) is 20.6. The van der Waals surface area contributed by atoms with Gasteiger partial charge in [-0.3, -0.25) is 9.59 Å². The van der Waals surface area contributed by atoms with Crippen LogP contribution in [0.2, 0.25) is 0 Å². The summed E-state index contributed by atoms with van der Waals surface area (Å²) in [6, 6.07) is 0. The summed E-state index contributed by atoms with van der Waals surface area (Å²) in [5.41, 5.74) is 0. The summed E-state index contributed by atoms with van der Waals surface area (Å²) in [6.07, 6.45) is -6.07. The molecule has 0 bridgehead atoms. The van der Waals surface area contributed by atoms with Gasteiger partial charge in [0.05, 0.1) is 6.42 Å². The zero-order chi connectivity index (χ0) is 9.78. The quantitative estimate of drug-likeness (QED) is 0.604. The predicted octanol–water partition coefficient (Wildman–Crippen LogP) is 0.723. The van der Waals surface area contributed by atoms with E-state index in [1.54, 1.807) is 0 Å². The molecule has 0 aliphatic carbocycles. The third kappa shape index (κ3) is 4.07. The Hall–Kier alpha value is -0.910. The molecule has 0 saturated carbocycles. The molecule has 0 fully saturated rings. The van der Waals surface area contributed by atoms with Crippen LogP contribution in [0.5, 0.6) is 0 Å². The first-order chi connectivity index (χ1) is 5.38. The number of carbonyl (C=O) groups excluding carboxylic acids is 2. The first kappa shape index (κ1) is 11.1. The zero-order valence-corrected chi connectivity index (χ0v) is 6.27. The second kappa shape index (κ2) is 4.20. The van der Waals surface area contributed by atoms with Crippen LogP contribution in [0.15, 0.2) is 0 Å². The minimum Gasteiger partial charge on any atom is -0.377 e. The average molecular weight is 184 g/mol. The van der Waals surface area contributed by atoms with Crippen LogP contribution in [-0.4, -0.2) is 31.5 Å². The molecule has 0 rings (SSSR count). The summed E-state index contributed by atoms with van der Waals surface area (Å²) in [5, 5.41) is 0. The molecule has 0 aliphatic rings. The van der Waals surface area contributed by atoms with Gasteiger partial charge in [-0.2, -0.15) is 13.2 Å². The van der Waals surface area contributed by atoms with Crippen LogP contribution >= 0.6 is 0 Å². The summed E-state index contributed by atoms with van der Waals surface area (Å²) < 4.78 is 38.8. The highest BCUT2D eigenvalue weighted by atomic mass is 19.4. The van der Waals surface area contributed by atoms with Crippen molar-refractivity contribution in [2.75, 3.05) is 13.7 Å². The number of ketones is 2. The normalized spacial score (nSPS) is 11.3. The maximum absolute atomic E-state index is 11.5. The molecule has 0 aromatic rings. The van der Waals surface area contributed by atoms with Gasteiger partial charge in [0.1, 0.15) is 6.61 Å². The van der Waals surface area contributed by atoms with Crippen LogP contribution in [0.3, 0.4) is 0 Å². The van der Waals surface area contributed by atoms with Crippen molar-refractivity contribution in [3.05, 3.63) is 0 Å². The molecule has 0 aromatic carbocycles. The topological polar surface area (TPSA) is 43.4 Å². The van der Waals surface area contributed by atoms with Crippen molar-refractivity contribution in [1.82, 2.24) is 0 Å². The van der Waals surface area contributed by atoms with Gasteiger partial charge in [-0.05, 0) is 0 Å². The second-order valence-electron chi connectivity index (χ2n) is 2.07. The van der Waals surface area contributed by atoms with Crippen molar-refractivity contribution in [3.63, 3.8) is 0 Å². The summed E-state index contributed by atoms with van der Waals surface area (Å²) in [7, 11) is 1.16. The molecular formula is C6H7F3O3. The second-order valence-corrected chi connectivity index (χ2v) is 2.07. The Balaban J connectivity index is 3.94. The minimum absolute atomic E-state index is 0.470. The monoisotopic (exact) mass is 184 g/mol. The fraction of sp³-hybridized carbons (Fsp3) is 0.667. The summed E-state index contributed by atoms with van der Waals surface area (Å²) in [5.74, 6) is -2.91. The lowest BCUT2D eigenvalue weighted by molar-refractivity contribution is -0.172. The number of hydrogen-bond donors (Lipinski definition) is 0. The lowest BCUT2D eigenvalue weighted by atomic mass is 10.2. The van der Waals surface area contributed by atoms with E-state index < -0.39 is 30.8 Å². The van der Waals surface area contributed by atoms with Gasteiger partial charge < -0.3 is 4.74 Å². The number of ether oxygens (including phenoxy) is 1. The molecule has 0 aromatic heterocycles. The highest BCUT2D eigenvalue weighted by Crippen LogP contribution is 2.17. The van der Waals surface area contributed by atoms with Gasteiger partial charge in [0.15, 0.2) is 5.78 Å². The van der Waals surface area contributed by atoms with Crippen molar-refractivity contribution < 1.29 is 27.5 Å². The predicted molar refractivity (Wildman–Crippen MR) is 32.6 cm³/mol. The molecule has 70 valence electrons. The smallest absolute Gasteiger partial charge is 0.377 e. The number of alkyl halides is 3. The Morgan fingerprint density at radius 1 is 1.33 bits per heavy atom. The first-order valence-electron chi connectivity index (χ1n) is 2.98. The molecule has 12 heavy (non-hydrogen) atoms. The molecule has 0 aliphatic heterocycles. The van der Waals surface area contributed by atoms with Crippen molar-refractivity contribution in [2.24, 2.45) is 0 Å². The van der Waals surface area contributed by atoms with E-state index in [2.05, 4.69) is 4.74 Å². The van der Waals surface area contributed by atoms with Gasteiger partial charge in [0.25, 0.3) is 0 Å². The third-order valence-corrected chi connectivity index (χ3v) is 0.979. The Morgan fingerprint density at radius 2 is 1.83 bits per heavy atom. The Labute approximate surface area is 66.5 Å². The number of carbonyl (C=O) groups is 2. The summed E-state index contributed by atoms with van der Waals surface area (Å²) >= 11 is 0. The van der Waals surface area contributed by atoms with Crippen LogP contribution in [0.25, 0.3) is 0 Å². The molecule has 0 radical (unpaired) electrons. The van der Waals surface area contributed by atoms with Crippen molar-refractivity contribution >= 4 is 11.6 Å². The minimum atomic E-state index is -4.93. The maximum atomic E-state index is 11.5. The highest BCUT2D eigenvalue weighted by molar-refractivity contribution is 6.02. The van der Waals surface area contributed by atoms with Gasteiger partial charge in [-0.1, -0.05) is 0 Å². The molecular weight excluding hydrogens is 177 g/mol. The Morgan fingerprint density at radius 3 is 2.17 bits per heavy atom. The van der Waals surface area contributed by atoms with E-state index in [9.17, 15) is 22.8 Å². The van der Waals surface area contributed by atoms with E-state index >= 15 is 0 Å². The molecule has 0 N–H and O–H groups in total. The molecule has 0 atom stereocenters. The van der Waals surface area contributed by atoms with Crippen LogP contribution in [0.4, 0.5) is 13.2 Å². The number of methoxy groups -OCH3 is 1. The van der Waals surface area contributed by atoms with E-state index in [-0.39, 0.29) is 0 Å². The van der Waals surface area contributed by atoms with E-state index in [0.717, 1.165) is 7.11 Å². The van der Waals surface area contributed by atoms with Gasteiger partial charge in [-0.25, -0.2) is 0 Å². The Kier molecular flexibility index (Phi) is 3.88. The molecule has 0 heterocycles. The first-order valence-corrected chi connectivity index (χ1v) is 2.98. The van der Waals surface area contributed by atoms with Gasteiger partial charge >= 0.3 is 6.18 Å². The van der Waals surface area contributed by atoms with Crippen molar-refractivity contribution in [2.45, 2.75) is 12.6 Å². The van der Waals surface area contributed by atoms with Crippen LogP contribution < -0.4 is 0 Å². The van der Waals surface area contributed by atoms with Crippen molar-refractivity contribution in [1.29, 1.82) is 0 Å². The number of rotatable bonds is 4. The van der Waals surface area contributed by atoms with E-state index in [1.165, 1.54) is 0 Å². The average Bonchev–Trinajstić information content (AvgIpc) is 1.85. The fourth-order valence-electron chi connectivity index (χ4n) is 0.491. The fourth-order valence-corrected chi connectivity index (χ4v) is 0.491. The molecule has 6 heteroatoms. The van der Waals surface area contributed by atoms with Gasteiger partial charge in [-0.15, -0.1) is 0 Å². The van der Waals surface area contributed by atoms with E-state index in [4.69, 9.17) is 0 Å². The maximum Gasteiger partial charge on any atom is 0.450 e. The molecule has 0 unspecified atom stereocenters.